The summed E-state index contributed by atoms with van der Waals surface area (Å²) in [7, 11) is 3.90. The van der Waals surface area contributed by atoms with Gasteiger partial charge < -0.3 is 15.4 Å². The monoisotopic (exact) mass is 290 g/mol. The van der Waals surface area contributed by atoms with Gasteiger partial charge in [-0.3, -0.25) is 0 Å². The number of likely N-dealkylation sites (N-methyl/N-ethyl adjacent to an activating group) is 1. The van der Waals surface area contributed by atoms with Crippen molar-refractivity contribution >= 4 is 5.69 Å². The van der Waals surface area contributed by atoms with Crippen molar-refractivity contribution in [3.8, 4) is 5.75 Å². The van der Waals surface area contributed by atoms with Crippen LogP contribution in [0.15, 0.2) is 24.3 Å². The van der Waals surface area contributed by atoms with Crippen LogP contribution in [-0.4, -0.2) is 26.2 Å². The van der Waals surface area contributed by atoms with Crippen molar-refractivity contribution in [2.75, 3.05) is 25.6 Å². The van der Waals surface area contributed by atoms with Crippen LogP contribution < -0.4 is 15.4 Å². The molecule has 1 aromatic carbocycles. The predicted molar refractivity (Wildman–Crippen MR) is 90.0 cm³/mol. The summed E-state index contributed by atoms with van der Waals surface area (Å²) in [6.45, 7) is 3.04. The van der Waals surface area contributed by atoms with E-state index in [-0.39, 0.29) is 5.54 Å². The zero-order chi connectivity index (χ0) is 15.3. The quantitative estimate of drug-likeness (QED) is 0.838. The van der Waals surface area contributed by atoms with Crippen LogP contribution in [0.5, 0.6) is 5.75 Å². The van der Waals surface area contributed by atoms with Crippen molar-refractivity contribution in [1.82, 2.24) is 0 Å². The minimum Gasteiger partial charge on any atom is -0.497 e. The SMILES string of the molecule is CCC1CCCC(CN)(N(C)c2ccc(OC)cc2)CC1. The molecule has 0 heterocycles. The Morgan fingerprint density at radius 2 is 1.95 bits per heavy atom. The van der Waals surface area contributed by atoms with Crippen LogP contribution in [0.25, 0.3) is 0 Å². The highest BCUT2D eigenvalue weighted by atomic mass is 16.5. The van der Waals surface area contributed by atoms with Crippen molar-refractivity contribution < 1.29 is 4.74 Å². The second-order valence-electron chi connectivity index (χ2n) is 6.39. The maximum absolute atomic E-state index is 6.22. The van der Waals surface area contributed by atoms with Gasteiger partial charge in [0.2, 0.25) is 0 Å². The molecule has 0 saturated heterocycles. The molecule has 3 nitrogen and oxygen atoms in total. The van der Waals surface area contributed by atoms with Crippen LogP contribution >= 0.6 is 0 Å². The van der Waals surface area contributed by atoms with E-state index in [2.05, 4.69) is 31.0 Å². The molecule has 1 aliphatic rings. The Balaban J connectivity index is 2.17. The van der Waals surface area contributed by atoms with Crippen molar-refractivity contribution in [1.29, 1.82) is 0 Å². The smallest absolute Gasteiger partial charge is 0.119 e. The first-order valence-corrected chi connectivity index (χ1v) is 8.23. The minimum atomic E-state index is 0.110. The van der Waals surface area contributed by atoms with E-state index in [4.69, 9.17) is 10.5 Å². The largest absolute Gasteiger partial charge is 0.497 e. The van der Waals surface area contributed by atoms with Gasteiger partial charge in [-0.1, -0.05) is 26.2 Å². The number of benzene rings is 1. The Kier molecular flexibility index (Phi) is 5.51. The normalized spacial score (nSPS) is 26.2. The third-order valence-corrected chi connectivity index (χ3v) is 5.40. The van der Waals surface area contributed by atoms with Gasteiger partial charge in [0.1, 0.15) is 5.75 Å². The first kappa shape index (κ1) is 16.2. The lowest BCUT2D eigenvalue weighted by molar-refractivity contribution is 0.353. The molecular weight excluding hydrogens is 260 g/mol. The highest BCUT2D eigenvalue weighted by molar-refractivity contribution is 5.51. The maximum Gasteiger partial charge on any atom is 0.119 e. The number of nitrogens with zero attached hydrogens (tertiary/aromatic N) is 1. The molecule has 0 radical (unpaired) electrons. The second kappa shape index (κ2) is 7.17. The first-order valence-electron chi connectivity index (χ1n) is 8.23. The standard InChI is InChI=1S/C18H30N2O/c1-4-15-6-5-12-18(14-19,13-11-15)20(2)16-7-9-17(21-3)10-8-16/h7-10,15H,4-6,11-14,19H2,1-3H3. The van der Waals surface area contributed by atoms with E-state index in [9.17, 15) is 0 Å². The maximum atomic E-state index is 6.22. The minimum absolute atomic E-state index is 0.110. The molecule has 0 bridgehead atoms. The van der Waals surface area contributed by atoms with E-state index in [1.54, 1.807) is 7.11 Å². The van der Waals surface area contributed by atoms with Crippen LogP contribution in [0.1, 0.15) is 45.4 Å². The van der Waals surface area contributed by atoms with Crippen molar-refractivity contribution in [3.05, 3.63) is 24.3 Å². The summed E-state index contributed by atoms with van der Waals surface area (Å²) in [6, 6.07) is 8.33. The molecule has 2 atom stereocenters. The van der Waals surface area contributed by atoms with Gasteiger partial charge in [0.15, 0.2) is 0 Å². The van der Waals surface area contributed by atoms with Gasteiger partial charge in [-0.2, -0.15) is 0 Å². The van der Waals surface area contributed by atoms with E-state index in [0.29, 0.717) is 0 Å². The Bertz CT molecular complexity index is 431. The molecule has 1 aromatic rings. The van der Waals surface area contributed by atoms with Gasteiger partial charge in [0, 0.05) is 19.3 Å². The molecule has 0 aromatic heterocycles. The van der Waals surface area contributed by atoms with Gasteiger partial charge in [0.25, 0.3) is 0 Å². The summed E-state index contributed by atoms with van der Waals surface area (Å²) < 4.78 is 5.25. The average Bonchev–Trinajstić information content (AvgIpc) is 2.77. The molecule has 1 aliphatic carbocycles. The van der Waals surface area contributed by atoms with Gasteiger partial charge >= 0.3 is 0 Å². The molecule has 1 fully saturated rings. The molecule has 0 aliphatic heterocycles. The first-order chi connectivity index (χ1) is 10.1. The van der Waals surface area contributed by atoms with Gasteiger partial charge in [0.05, 0.1) is 12.6 Å². The number of hydrogen-bond acceptors (Lipinski definition) is 3. The molecule has 2 unspecified atom stereocenters. The van der Waals surface area contributed by atoms with E-state index in [0.717, 1.165) is 18.2 Å². The lowest BCUT2D eigenvalue weighted by Gasteiger charge is -2.42. The van der Waals surface area contributed by atoms with Gasteiger partial charge in [-0.05, 0) is 49.4 Å². The molecule has 2 N–H and O–H groups in total. The second-order valence-corrected chi connectivity index (χ2v) is 6.39. The number of nitrogens with two attached hydrogens (primary N) is 1. The van der Waals surface area contributed by atoms with Crippen LogP contribution in [0.4, 0.5) is 5.69 Å². The lowest BCUT2D eigenvalue weighted by Crippen LogP contribution is -2.52. The zero-order valence-corrected chi connectivity index (χ0v) is 13.8. The van der Waals surface area contributed by atoms with Crippen LogP contribution in [0, 0.1) is 5.92 Å². The van der Waals surface area contributed by atoms with Gasteiger partial charge in [-0.25, -0.2) is 0 Å². The van der Waals surface area contributed by atoms with E-state index < -0.39 is 0 Å². The summed E-state index contributed by atoms with van der Waals surface area (Å²) in [6.07, 6.45) is 7.64. The van der Waals surface area contributed by atoms with Crippen molar-refractivity contribution in [2.24, 2.45) is 11.7 Å². The highest BCUT2D eigenvalue weighted by Crippen LogP contribution is 2.37. The van der Waals surface area contributed by atoms with E-state index in [1.807, 2.05) is 12.1 Å². The Morgan fingerprint density at radius 1 is 1.24 bits per heavy atom. The third-order valence-electron chi connectivity index (χ3n) is 5.40. The van der Waals surface area contributed by atoms with E-state index in [1.165, 1.54) is 44.2 Å². The fourth-order valence-electron chi connectivity index (χ4n) is 3.63. The zero-order valence-electron chi connectivity index (χ0n) is 13.8. The molecule has 2 rings (SSSR count). The fourth-order valence-corrected chi connectivity index (χ4v) is 3.63. The Hall–Kier alpha value is -1.22. The number of ether oxygens (including phenoxy) is 1. The molecule has 118 valence electrons. The van der Waals surface area contributed by atoms with Crippen LogP contribution in [0.2, 0.25) is 0 Å². The summed E-state index contributed by atoms with van der Waals surface area (Å²) in [4.78, 5) is 2.41. The molecule has 0 amide bonds. The lowest BCUT2D eigenvalue weighted by atomic mass is 9.87. The Morgan fingerprint density at radius 3 is 2.52 bits per heavy atom. The average molecular weight is 290 g/mol. The van der Waals surface area contributed by atoms with Gasteiger partial charge in [-0.15, -0.1) is 0 Å². The van der Waals surface area contributed by atoms with Crippen molar-refractivity contribution in [2.45, 2.75) is 51.0 Å². The Labute approximate surface area is 129 Å². The molecule has 3 heteroatoms. The number of anilines is 1. The topological polar surface area (TPSA) is 38.5 Å². The summed E-state index contributed by atoms with van der Waals surface area (Å²) in [5.74, 6) is 1.78. The fraction of sp³-hybridized carbons (Fsp3) is 0.667. The summed E-state index contributed by atoms with van der Waals surface area (Å²) in [5, 5.41) is 0. The third kappa shape index (κ3) is 3.52. The number of methoxy groups -OCH3 is 1. The van der Waals surface area contributed by atoms with E-state index >= 15 is 0 Å². The summed E-state index contributed by atoms with van der Waals surface area (Å²) >= 11 is 0. The molecular formula is C18H30N2O. The highest BCUT2D eigenvalue weighted by Gasteiger charge is 2.35. The number of hydrogen-bond donors (Lipinski definition) is 1. The van der Waals surface area contributed by atoms with Crippen LogP contribution in [-0.2, 0) is 0 Å². The van der Waals surface area contributed by atoms with Crippen molar-refractivity contribution in [3.63, 3.8) is 0 Å². The summed E-state index contributed by atoms with van der Waals surface area (Å²) in [5.41, 5.74) is 7.56. The number of rotatable bonds is 5. The predicted octanol–water partition coefficient (Wildman–Crippen LogP) is 3.82. The van der Waals surface area contributed by atoms with Crippen LogP contribution in [0.3, 0.4) is 0 Å². The molecule has 0 spiro atoms. The molecule has 1 saturated carbocycles. The molecule has 21 heavy (non-hydrogen) atoms.